The molecule has 3 rings (SSSR count). The SMILES string of the molecule is Cc1nc(C2CSCCO2)nc(C)c1CNC1CC1. The summed E-state index contributed by atoms with van der Waals surface area (Å²) in [5.41, 5.74) is 3.43. The Morgan fingerprint density at radius 3 is 2.58 bits per heavy atom. The number of aromatic nitrogens is 2. The molecule has 4 nitrogen and oxygen atoms in total. The molecule has 1 aliphatic heterocycles. The van der Waals surface area contributed by atoms with Gasteiger partial charge in [0.1, 0.15) is 6.10 Å². The van der Waals surface area contributed by atoms with E-state index in [4.69, 9.17) is 4.74 Å². The highest BCUT2D eigenvalue weighted by molar-refractivity contribution is 7.99. The third kappa shape index (κ3) is 3.27. The maximum atomic E-state index is 5.76. The van der Waals surface area contributed by atoms with Gasteiger partial charge in [0.25, 0.3) is 0 Å². The summed E-state index contributed by atoms with van der Waals surface area (Å²) in [6.45, 7) is 5.86. The van der Waals surface area contributed by atoms with Crippen molar-refractivity contribution in [3.8, 4) is 0 Å². The van der Waals surface area contributed by atoms with Crippen LogP contribution in [0.1, 0.15) is 41.7 Å². The van der Waals surface area contributed by atoms with Gasteiger partial charge in [0.15, 0.2) is 5.82 Å². The Morgan fingerprint density at radius 1 is 1.26 bits per heavy atom. The van der Waals surface area contributed by atoms with Gasteiger partial charge in [0, 0.05) is 41.0 Å². The van der Waals surface area contributed by atoms with Gasteiger partial charge in [-0.05, 0) is 26.7 Å². The summed E-state index contributed by atoms with van der Waals surface area (Å²) in [4.78, 5) is 9.33. The van der Waals surface area contributed by atoms with Crippen molar-refractivity contribution < 1.29 is 4.74 Å². The molecule has 0 bridgehead atoms. The largest absolute Gasteiger partial charge is 0.368 e. The standard InChI is InChI=1S/C14H21N3OS/c1-9-12(7-15-11-3-4-11)10(2)17-14(16-9)13-8-19-6-5-18-13/h11,13,15H,3-8H2,1-2H3. The van der Waals surface area contributed by atoms with E-state index in [0.717, 1.165) is 47.9 Å². The number of nitrogens with one attached hydrogen (secondary N) is 1. The van der Waals surface area contributed by atoms with E-state index in [1.807, 2.05) is 11.8 Å². The molecule has 5 heteroatoms. The minimum atomic E-state index is 0.0709. The zero-order valence-electron chi connectivity index (χ0n) is 11.6. The highest BCUT2D eigenvalue weighted by Gasteiger charge is 2.23. The maximum absolute atomic E-state index is 5.76. The Hall–Kier alpha value is -0.650. The third-order valence-electron chi connectivity index (χ3n) is 3.69. The molecule has 104 valence electrons. The van der Waals surface area contributed by atoms with Crippen LogP contribution < -0.4 is 5.32 Å². The zero-order chi connectivity index (χ0) is 13.2. The molecule has 1 unspecified atom stereocenters. The van der Waals surface area contributed by atoms with Crippen LogP contribution in [0.4, 0.5) is 0 Å². The lowest BCUT2D eigenvalue weighted by atomic mass is 10.1. The second kappa shape index (κ2) is 5.77. The summed E-state index contributed by atoms with van der Waals surface area (Å²) in [5.74, 6) is 2.91. The van der Waals surface area contributed by atoms with Gasteiger partial charge in [-0.15, -0.1) is 0 Å². The number of aryl methyl sites for hydroxylation is 2. The smallest absolute Gasteiger partial charge is 0.158 e. The van der Waals surface area contributed by atoms with E-state index < -0.39 is 0 Å². The van der Waals surface area contributed by atoms with E-state index in [1.54, 1.807) is 0 Å². The van der Waals surface area contributed by atoms with E-state index in [9.17, 15) is 0 Å². The summed E-state index contributed by atoms with van der Waals surface area (Å²) >= 11 is 1.92. The molecule has 1 N–H and O–H groups in total. The number of thioether (sulfide) groups is 1. The third-order valence-corrected chi connectivity index (χ3v) is 4.68. The molecule has 2 heterocycles. The molecule has 1 aromatic heterocycles. The minimum Gasteiger partial charge on any atom is -0.368 e. The molecule has 19 heavy (non-hydrogen) atoms. The van der Waals surface area contributed by atoms with Crippen LogP contribution in [-0.2, 0) is 11.3 Å². The predicted molar refractivity (Wildman–Crippen MR) is 77.4 cm³/mol. The van der Waals surface area contributed by atoms with Crippen LogP contribution in [0.25, 0.3) is 0 Å². The average molecular weight is 279 g/mol. The molecule has 0 aromatic carbocycles. The normalized spacial score (nSPS) is 23.6. The fourth-order valence-electron chi connectivity index (χ4n) is 2.34. The van der Waals surface area contributed by atoms with Crippen molar-refractivity contribution in [2.45, 2.75) is 45.4 Å². The summed E-state index contributed by atoms with van der Waals surface area (Å²) in [5, 5.41) is 3.54. The zero-order valence-corrected chi connectivity index (χ0v) is 12.4. The first-order valence-corrected chi connectivity index (χ1v) is 8.16. The van der Waals surface area contributed by atoms with Crippen molar-refractivity contribution >= 4 is 11.8 Å². The molecule has 1 saturated heterocycles. The highest BCUT2D eigenvalue weighted by atomic mass is 32.2. The van der Waals surface area contributed by atoms with Gasteiger partial charge in [-0.25, -0.2) is 9.97 Å². The molecule has 1 atom stereocenters. The lowest BCUT2D eigenvalue weighted by Gasteiger charge is -2.22. The first kappa shape index (κ1) is 13.3. The Kier molecular flexibility index (Phi) is 4.05. The van der Waals surface area contributed by atoms with E-state index in [-0.39, 0.29) is 6.10 Å². The van der Waals surface area contributed by atoms with Crippen LogP contribution in [0.5, 0.6) is 0 Å². The topological polar surface area (TPSA) is 47.0 Å². The van der Waals surface area contributed by atoms with Gasteiger partial charge < -0.3 is 10.1 Å². The number of rotatable bonds is 4. The van der Waals surface area contributed by atoms with Gasteiger partial charge in [0.2, 0.25) is 0 Å². The van der Waals surface area contributed by atoms with Crippen molar-refractivity contribution in [1.82, 2.24) is 15.3 Å². The van der Waals surface area contributed by atoms with Gasteiger partial charge in [0.05, 0.1) is 6.61 Å². The van der Waals surface area contributed by atoms with Crippen LogP contribution in [0.3, 0.4) is 0 Å². The van der Waals surface area contributed by atoms with E-state index in [2.05, 4.69) is 29.1 Å². The van der Waals surface area contributed by atoms with Crippen molar-refractivity contribution in [3.63, 3.8) is 0 Å². The van der Waals surface area contributed by atoms with Crippen LogP contribution >= 0.6 is 11.8 Å². The molecule has 2 aliphatic rings. The maximum Gasteiger partial charge on any atom is 0.158 e. The van der Waals surface area contributed by atoms with Gasteiger partial charge >= 0.3 is 0 Å². The first-order valence-electron chi connectivity index (χ1n) is 7.01. The van der Waals surface area contributed by atoms with Crippen molar-refractivity contribution in [1.29, 1.82) is 0 Å². The number of ether oxygens (including phenoxy) is 1. The average Bonchev–Trinajstić information content (AvgIpc) is 3.23. The number of hydrogen-bond acceptors (Lipinski definition) is 5. The van der Waals surface area contributed by atoms with Crippen LogP contribution in [0, 0.1) is 13.8 Å². The van der Waals surface area contributed by atoms with Crippen molar-refractivity contribution in [2.24, 2.45) is 0 Å². The first-order chi connectivity index (χ1) is 9.24. The Labute approximate surface area is 118 Å². The summed E-state index contributed by atoms with van der Waals surface area (Å²) in [7, 11) is 0. The molecule has 1 aromatic rings. The van der Waals surface area contributed by atoms with Gasteiger partial charge in [-0.1, -0.05) is 0 Å². The second-order valence-corrected chi connectivity index (χ2v) is 6.47. The highest BCUT2D eigenvalue weighted by Crippen LogP contribution is 2.26. The fourth-order valence-corrected chi connectivity index (χ4v) is 3.18. The summed E-state index contributed by atoms with van der Waals surface area (Å²) < 4.78 is 5.76. The predicted octanol–water partition coefficient (Wildman–Crippen LogP) is 2.15. The van der Waals surface area contributed by atoms with E-state index in [1.165, 1.54) is 18.4 Å². The second-order valence-electron chi connectivity index (χ2n) is 5.32. The molecular formula is C14H21N3OS. The Morgan fingerprint density at radius 2 is 2.00 bits per heavy atom. The molecular weight excluding hydrogens is 258 g/mol. The minimum absolute atomic E-state index is 0.0709. The molecule has 0 radical (unpaired) electrons. The van der Waals surface area contributed by atoms with Crippen LogP contribution in [0.15, 0.2) is 0 Å². The molecule has 1 saturated carbocycles. The summed E-state index contributed by atoms with van der Waals surface area (Å²) in [6.07, 6.45) is 2.69. The quantitative estimate of drug-likeness (QED) is 0.915. The fraction of sp³-hybridized carbons (Fsp3) is 0.714. The molecule has 0 spiro atoms. The number of hydrogen-bond donors (Lipinski definition) is 1. The molecule has 2 fully saturated rings. The van der Waals surface area contributed by atoms with E-state index >= 15 is 0 Å². The monoisotopic (exact) mass is 279 g/mol. The Bertz CT molecular complexity index is 433. The van der Waals surface area contributed by atoms with Crippen molar-refractivity contribution in [3.05, 3.63) is 22.8 Å². The van der Waals surface area contributed by atoms with Gasteiger partial charge in [-0.3, -0.25) is 0 Å². The summed E-state index contributed by atoms with van der Waals surface area (Å²) in [6, 6.07) is 0.719. The lowest BCUT2D eigenvalue weighted by Crippen LogP contribution is -2.22. The van der Waals surface area contributed by atoms with Crippen LogP contribution in [-0.4, -0.2) is 34.1 Å². The molecule has 0 amide bonds. The van der Waals surface area contributed by atoms with Crippen LogP contribution in [0.2, 0.25) is 0 Å². The number of nitrogens with zero attached hydrogens (tertiary/aromatic N) is 2. The lowest BCUT2D eigenvalue weighted by molar-refractivity contribution is 0.0691. The Balaban J connectivity index is 1.75. The molecule has 1 aliphatic carbocycles. The van der Waals surface area contributed by atoms with Gasteiger partial charge in [-0.2, -0.15) is 11.8 Å². The van der Waals surface area contributed by atoms with Crippen molar-refractivity contribution in [2.75, 3.05) is 18.1 Å². The van der Waals surface area contributed by atoms with E-state index in [0.29, 0.717) is 0 Å².